The minimum Gasteiger partial charge on any atom is -0.480 e. The first kappa shape index (κ1) is 13.5. The lowest BCUT2D eigenvalue weighted by Crippen LogP contribution is -2.27. The average molecular weight is 326 g/mol. The summed E-state index contributed by atoms with van der Waals surface area (Å²) >= 11 is 3.27. The van der Waals surface area contributed by atoms with E-state index in [9.17, 15) is 9.59 Å². The normalized spacial score (nSPS) is 10.7. The SMILES string of the molecule is CN(C)c1ccc2c(=O)n(CC(=O)O)nc(Br)c2c1. The predicted molar refractivity (Wildman–Crippen MR) is 75.7 cm³/mol. The molecule has 0 amide bonds. The molecule has 0 atom stereocenters. The molecule has 0 aliphatic carbocycles. The van der Waals surface area contributed by atoms with Gasteiger partial charge >= 0.3 is 5.97 Å². The Hall–Kier alpha value is -1.89. The van der Waals surface area contributed by atoms with E-state index >= 15 is 0 Å². The van der Waals surface area contributed by atoms with Gasteiger partial charge in [0.1, 0.15) is 11.1 Å². The summed E-state index contributed by atoms with van der Waals surface area (Å²) in [5.41, 5.74) is 0.524. The summed E-state index contributed by atoms with van der Waals surface area (Å²) < 4.78 is 1.39. The van der Waals surface area contributed by atoms with Crippen LogP contribution in [-0.4, -0.2) is 35.0 Å². The smallest absolute Gasteiger partial charge is 0.325 e. The van der Waals surface area contributed by atoms with Crippen LogP contribution in [0.1, 0.15) is 0 Å². The highest BCUT2D eigenvalue weighted by atomic mass is 79.9. The van der Waals surface area contributed by atoms with Crippen molar-refractivity contribution in [2.24, 2.45) is 0 Å². The number of hydrogen-bond acceptors (Lipinski definition) is 4. The Balaban J connectivity index is 2.70. The molecule has 0 fully saturated rings. The Bertz CT molecular complexity index is 709. The maximum atomic E-state index is 12.1. The summed E-state index contributed by atoms with van der Waals surface area (Å²) in [7, 11) is 3.79. The van der Waals surface area contributed by atoms with Gasteiger partial charge in [0.15, 0.2) is 0 Å². The molecule has 0 saturated heterocycles. The van der Waals surface area contributed by atoms with Crippen molar-refractivity contribution in [3.8, 4) is 0 Å². The topological polar surface area (TPSA) is 75.4 Å². The average Bonchev–Trinajstić information content (AvgIpc) is 2.34. The Morgan fingerprint density at radius 3 is 2.68 bits per heavy atom. The summed E-state index contributed by atoms with van der Waals surface area (Å²) in [6, 6.07) is 5.32. The molecule has 1 N–H and O–H groups in total. The van der Waals surface area contributed by atoms with Gasteiger partial charge in [0, 0.05) is 25.2 Å². The molecule has 6 nitrogen and oxygen atoms in total. The molecule has 0 spiro atoms. The monoisotopic (exact) mass is 325 g/mol. The van der Waals surface area contributed by atoms with E-state index in [-0.39, 0.29) is 0 Å². The lowest BCUT2D eigenvalue weighted by molar-refractivity contribution is -0.138. The molecule has 0 radical (unpaired) electrons. The number of benzene rings is 1. The van der Waals surface area contributed by atoms with E-state index < -0.39 is 18.1 Å². The Kier molecular flexibility index (Phi) is 3.57. The summed E-state index contributed by atoms with van der Waals surface area (Å²) in [4.78, 5) is 24.7. The molecule has 1 aromatic heterocycles. The van der Waals surface area contributed by atoms with Crippen LogP contribution < -0.4 is 10.5 Å². The number of hydrogen-bond donors (Lipinski definition) is 1. The van der Waals surface area contributed by atoms with Crippen LogP contribution in [0.15, 0.2) is 27.6 Å². The number of carboxylic acid groups (broad SMARTS) is 1. The molecular formula is C12H12BrN3O3. The third kappa shape index (κ3) is 2.60. The molecule has 100 valence electrons. The third-order valence-corrected chi connectivity index (χ3v) is 3.29. The lowest BCUT2D eigenvalue weighted by atomic mass is 10.1. The fourth-order valence-electron chi connectivity index (χ4n) is 1.75. The van der Waals surface area contributed by atoms with Gasteiger partial charge in [0.2, 0.25) is 0 Å². The van der Waals surface area contributed by atoms with Gasteiger partial charge in [-0.25, -0.2) is 4.68 Å². The van der Waals surface area contributed by atoms with E-state index in [0.717, 1.165) is 10.4 Å². The highest BCUT2D eigenvalue weighted by molar-refractivity contribution is 9.10. The molecule has 2 aromatic rings. The van der Waals surface area contributed by atoms with Crippen molar-refractivity contribution in [3.63, 3.8) is 0 Å². The summed E-state index contributed by atoms with van der Waals surface area (Å²) in [6.45, 7) is -0.456. The Morgan fingerprint density at radius 2 is 2.11 bits per heavy atom. The zero-order chi connectivity index (χ0) is 14.2. The van der Waals surface area contributed by atoms with Crippen molar-refractivity contribution in [2.75, 3.05) is 19.0 Å². The first-order valence-corrected chi connectivity index (χ1v) is 6.29. The molecule has 1 heterocycles. The second kappa shape index (κ2) is 5.00. The fourth-order valence-corrected chi connectivity index (χ4v) is 2.27. The Labute approximate surface area is 117 Å². The van der Waals surface area contributed by atoms with Crippen molar-refractivity contribution in [3.05, 3.63) is 33.2 Å². The molecule has 0 aliphatic heterocycles. The van der Waals surface area contributed by atoms with Crippen LogP contribution in [0.2, 0.25) is 0 Å². The quantitative estimate of drug-likeness (QED) is 0.920. The van der Waals surface area contributed by atoms with Gasteiger partial charge in [-0.1, -0.05) is 0 Å². The van der Waals surface area contributed by atoms with Gasteiger partial charge in [-0.3, -0.25) is 9.59 Å². The number of rotatable bonds is 3. The van der Waals surface area contributed by atoms with E-state index in [1.807, 2.05) is 25.1 Å². The number of nitrogens with zero attached hydrogens (tertiary/aromatic N) is 3. The molecule has 2 rings (SSSR count). The van der Waals surface area contributed by atoms with Crippen LogP contribution >= 0.6 is 15.9 Å². The number of carboxylic acids is 1. The van der Waals surface area contributed by atoms with Crippen molar-refractivity contribution in [1.29, 1.82) is 0 Å². The number of aliphatic carboxylic acids is 1. The number of carbonyl (C=O) groups is 1. The highest BCUT2D eigenvalue weighted by Gasteiger charge is 2.12. The van der Waals surface area contributed by atoms with Crippen molar-refractivity contribution in [1.82, 2.24) is 9.78 Å². The van der Waals surface area contributed by atoms with Gasteiger partial charge in [-0.15, -0.1) is 0 Å². The van der Waals surface area contributed by atoms with Crippen molar-refractivity contribution >= 4 is 38.4 Å². The zero-order valence-electron chi connectivity index (χ0n) is 10.4. The molecule has 7 heteroatoms. The highest BCUT2D eigenvalue weighted by Crippen LogP contribution is 2.23. The number of fused-ring (bicyclic) bond motifs is 1. The molecular weight excluding hydrogens is 314 g/mol. The minimum absolute atomic E-state index is 0.411. The first-order valence-electron chi connectivity index (χ1n) is 5.49. The first-order chi connectivity index (χ1) is 8.90. The molecule has 0 unspecified atom stereocenters. The molecule has 0 saturated carbocycles. The van der Waals surface area contributed by atoms with E-state index in [2.05, 4.69) is 21.0 Å². The zero-order valence-corrected chi connectivity index (χ0v) is 12.0. The van der Waals surface area contributed by atoms with Crippen LogP contribution in [0.25, 0.3) is 10.8 Å². The standard InChI is InChI=1S/C12H12BrN3O3/c1-15(2)7-3-4-8-9(5-7)11(13)14-16(12(8)19)6-10(17)18/h3-5H,6H2,1-2H3,(H,17,18). The molecule has 0 bridgehead atoms. The van der Waals surface area contributed by atoms with E-state index in [4.69, 9.17) is 5.11 Å². The molecule has 0 aliphatic rings. The minimum atomic E-state index is -1.11. The van der Waals surface area contributed by atoms with Crippen LogP contribution in [0.5, 0.6) is 0 Å². The summed E-state index contributed by atoms with van der Waals surface area (Å²) in [5.74, 6) is -1.11. The molecule has 1 aromatic carbocycles. The fraction of sp³-hybridized carbons (Fsp3) is 0.250. The maximum Gasteiger partial charge on any atom is 0.325 e. The summed E-state index contributed by atoms with van der Waals surface area (Å²) in [6.07, 6.45) is 0. The van der Waals surface area contributed by atoms with Gasteiger partial charge < -0.3 is 10.0 Å². The second-order valence-corrected chi connectivity index (χ2v) is 5.02. The lowest BCUT2D eigenvalue weighted by Gasteiger charge is -2.13. The van der Waals surface area contributed by atoms with Gasteiger partial charge in [0.05, 0.1) is 5.39 Å². The van der Waals surface area contributed by atoms with Gasteiger partial charge in [0.25, 0.3) is 5.56 Å². The third-order valence-electron chi connectivity index (χ3n) is 2.70. The van der Waals surface area contributed by atoms with E-state index in [1.165, 1.54) is 0 Å². The summed E-state index contributed by atoms with van der Waals surface area (Å²) in [5, 5.41) is 13.8. The van der Waals surface area contributed by atoms with Crippen LogP contribution in [0.4, 0.5) is 5.69 Å². The second-order valence-electron chi connectivity index (χ2n) is 4.27. The van der Waals surface area contributed by atoms with Crippen LogP contribution in [0, 0.1) is 0 Å². The Morgan fingerprint density at radius 1 is 1.42 bits per heavy atom. The van der Waals surface area contributed by atoms with E-state index in [0.29, 0.717) is 15.4 Å². The van der Waals surface area contributed by atoms with Gasteiger partial charge in [-0.05, 0) is 34.1 Å². The van der Waals surface area contributed by atoms with Crippen molar-refractivity contribution in [2.45, 2.75) is 6.54 Å². The number of halogens is 1. The van der Waals surface area contributed by atoms with E-state index in [1.54, 1.807) is 12.1 Å². The molecule has 19 heavy (non-hydrogen) atoms. The van der Waals surface area contributed by atoms with Crippen LogP contribution in [-0.2, 0) is 11.3 Å². The predicted octanol–water partition coefficient (Wildman–Crippen LogP) is 1.31. The van der Waals surface area contributed by atoms with Gasteiger partial charge in [-0.2, -0.15) is 5.10 Å². The maximum absolute atomic E-state index is 12.1. The van der Waals surface area contributed by atoms with Crippen LogP contribution in [0.3, 0.4) is 0 Å². The van der Waals surface area contributed by atoms with Crippen molar-refractivity contribution < 1.29 is 9.90 Å². The number of aromatic nitrogens is 2. The number of anilines is 1. The largest absolute Gasteiger partial charge is 0.480 e.